The summed E-state index contributed by atoms with van der Waals surface area (Å²) in [5, 5.41) is 2.98. The van der Waals surface area contributed by atoms with Crippen LogP contribution in [0.15, 0.2) is 24.3 Å². The number of nitrogens with one attached hydrogen (secondary N) is 1. The minimum atomic E-state index is -0.159. The molecule has 0 spiro atoms. The number of ether oxygens (including phenoxy) is 4. The Kier molecular flexibility index (Phi) is 16.7. The van der Waals surface area contributed by atoms with Gasteiger partial charge in [0, 0.05) is 6.54 Å². The zero-order chi connectivity index (χ0) is 18.8. The van der Waals surface area contributed by atoms with E-state index in [2.05, 4.69) is 5.32 Å². The van der Waals surface area contributed by atoms with Crippen molar-refractivity contribution in [3.63, 3.8) is 0 Å². The second kappa shape index (κ2) is 17.6. The lowest BCUT2D eigenvalue weighted by molar-refractivity contribution is 0.0106. The predicted octanol–water partition coefficient (Wildman–Crippen LogP) is 1.28. The summed E-state index contributed by atoms with van der Waals surface area (Å²) >= 11 is 0. The minimum Gasteiger partial charge on any atom is -0.491 e. The van der Waals surface area contributed by atoms with Crippen LogP contribution in [0.3, 0.4) is 0 Å². The van der Waals surface area contributed by atoms with Gasteiger partial charge in [-0.1, -0.05) is 26.0 Å². The van der Waals surface area contributed by atoms with Crippen LogP contribution < -0.4 is 21.5 Å². The van der Waals surface area contributed by atoms with Crippen molar-refractivity contribution in [3.05, 3.63) is 29.8 Å². The molecule has 1 unspecified atom stereocenters. The average molecular weight is 357 g/mol. The highest BCUT2D eigenvalue weighted by atomic mass is 16.6. The fourth-order valence-corrected chi connectivity index (χ4v) is 1.78. The molecular weight excluding hydrogens is 322 g/mol. The van der Waals surface area contributed by atoms with Gasteiger partial charge in [-0.3, -0.25) is 0 Å². The summed E-state index contributed by atoms with van der Waals surface area (Å²) in [6.07, 6.45) is -0.159. The Labute approximate surface area is 152 Å². The number of rotatable bonds is 14. The maximum Gasteiger partial charge on any atom is 0.119 e. The van der Waals surface area contributed by atoms with E-state index in [1.54, 1.807) is 0 Å². The summed E-state index contributed by atoms with van der Waals surface area (Å²) in [5.41, 5.74) is 12.2. The SMILES string of the molecule is CC.CNC(N)c1ccc(OCCOCCOCCOCCN)cc1. The van der Waals surface area contributed by atoms with Crippen molar-refractivity contribution in [1.29, 1.82) is 0 Å². The standard InChI is InChI=1S/C16H29N3O4.C2H6/c1-19-16(18)14-2-4-15(5-3-14)23-13-12-22-11-10-21-9-8-20-7-6-17;1-2/h2-5,16,19H,6-13,17-18H2,1H3;1-2H3. The molecule has 0 amide bonds. The molecule has 0 aliphatic rings. The molecule has 7 heteroatoms. The molecule has 0 heterocycles. The first kappa shape index (κ1) is 23.8. The van der Waals surface area contributed by atoms with Gasteiger partial charge in [0.2, 0.25) is 0 Å². The Morgan fingerprint density at radius 2 is 1.32 bits per heavy atom. The van der Waals surface area contributed by atoms with Crippen LogP contribution in [0.5, 0.6) is 5.75 Å². The van der Waals surface area contributed by atoms with Crippen LogP contribution in [0.25, 0.3) is 0 Å². The zero-order valence-corrected chi connectivity index (χ0v) is 15.8. The van der Waals surface area contributed by atoms with E-state index in [-0.39, 0.29) is 6.17 Å². The van der Waals surface area contributed by atoms with Gasteiger partial charge in [-0.05, 0) is 24.7 Å². The molecular formula is C18H35N3O4. The largest absolute Gasteiger partial charge is 0.491 e. The van der Waals surface area contributed by atoms with Gasteiger partial charge in [0.1, 0.15) is 12.4 Å². The molecule has 0 aliphatic heterocycles. The van der Waals surface area contributed by atoms with Crippen molar-refractivity contribution in [3.8, 4) is 5.75 Å². The summed E-state index contributed by atoms with van der Waals surface area (Å²) in [7, 11) is 1.82. The van der Waals surface area contributed by atoms with E-state index in [0.717, 1.165) is 11.3 Å². The molecule has 0 saturated carbocycles. The summed E-state index contributed by atoms with van der Waals surface area (Å²) in [4.78, 5) is 0. The van der Waals surface area contributed by atoms with Crippen molar-refractivity contribution < 1.29 is 18.9 Å². The highest BCUT2D eigenvalue weighted by Crippen LogP contribution is 2.14. The first-order valence-electron chi connectivity index (χ1n) is 8.87. The Morgan fingerprint density at radius 1 is 0.840 bits per heavy atom. The number of hydrogen-bond acceptors (Lipinski definition) is 7. The molecule has 7 nitrogen and oxygen atoms in total. The molecule has 1 rings (SSSR count). The van der Waals surface area contributed by atoms with Crippen LogP contribution in [-0.2, 0) is 14.2 Å². The van der Waals surface area contributed by atoms with Gasteiger partial charge in [-0.25, -0.2) is 0 Å². The molecule has 1 aromatic rings. The lowest BCUT2D eigenvalue weighted by Crippen LogP contribution is -2.24. The lowest BCUT2D eigenvalue weighted by Gasteiger charge is -2.12. The highest BCUT2D eigenvalue weighted by Gasteiger charge is 2.02. The predicted molar refractivity (Wildman–Crippen MR) is 101 cm³/mol. The molecule has 0 saturated heterocycles. The maximum absolute atomic E-state index is 5.86. The third kappa shape index (κ3) is 12.7. The van der Waals surface area contributed by atoms with Crippen LogP contribution in [0.4, 0.5) is 0 Å². The fraction of sp³-hybridized carbons (Fsp3) is 0.667. The number of nitrogens with two attached hydrogens (primary N) is 2. The summed E-state index contributed by atoms with van der Waals surface area (Å²) < 4.78 is 21.5. The molecule has 25 heavy (non-hydrogen) atoms. The minimum absolute atomic E-state index is 0.159. The van der Waals surface area contributed by atoms with E-state index in [4.69, 9.17) is 30.4 Å². The normalized spacial score (nSPS) is 11.6. The third-order valence-electron chi connectivity index (χ3n) is 3.05. The molecule has 0 radical (unpaired) electrons. The fourth-order valence-electron chi connectivity index (χ4n) is 1.78. The van der Waals surface area contributed by atoms with Crippen LogP contribution in [0, 0.1) is 0 Å². The smallest absolute Gasteiger partial charge is 0.119 e. The molecule has 5 N–H and O–H groups in total. The van der Waals surface area contributed by atoms with Gasteiger partial charge in [0.25, 0.3) is 0 Å². The van der Waals surface area contributed by atoms with Gasteiger partial charge >= 0.3 is 0 Å². The lowest BCUT2D eigenvalue weighted by atomic mass is 10.2. The molecule has 146 valence electrons. The van der Waals surface area contributed by atoms with Crippen LogP contribution in [-0.4, -0.2) is 59.8 Å². The van der Waals surface area contributed by atoms with E-state index in [1.165, 1.54) is 0 Å². The van der Waals surface area contributed by atoms with E-state index in [1.807, 2.05) is 45.2 Å². The number of hydrogen-bond donors (Lipinski definition) is 3. The Bertz CT molecular complexity index is 390. The summed E-state index contributed by atoms with van der Waals surface area (Å²) in [6, 6.07) is 7.68. The van der Waals surface area contributed by atoms with Gasteiger partial charge in [-0.2, -0.15) is 0 Å². The second-order valence-electron chi connectivity index (χ2n) is 4.81. The Hall–Kier alpha value is -1.22. The maximum atomic E-state index is 5.86. The first-order valence-corrected chi connectivity index (χ1v) is 8.87. The van der Waals surface area contributed by atoms with E-state index < -0.39 is 0 Å². The Morgan fingerprint density at radius 3 is 1.80 bits per heavy atom. The van der Waals surface area contributed by atoms with Crippen LogP contribution >= 0.6 is 0 Å². The summed E-state index contributed by atoms with van der Waals surface area (Å²) in [5.74, 6) is 0.800. The Balaban J connectivity index is 0.00000277. The topological polar surface area (TPSA) is 101 Å². The van der Waals surface area contributed by atoms with Crippen molar-refractivity contribution >= 4 is 0 Å². The quantitative estimate of drug-likeness (QED) is 0.340. The van der Waals surface area contributed by atoms with Crippen molar-refractivity contribution in [2.45, 2.75) is 20.0 Å². The van der Waals surface area contributed by atoms with Crippen LogP contribution in [0.1, 0.15) is 25.6 Å². The monoisotopic (exact) mass is 357 g/mol. The molecule has 1 atom stereocenters. The van der Waals surface area contributed by atoms with Gasteiger partial charge in [0.15, 0.2) is 0 Å². The van der Waals surface area contributed by atoms with Crippen molar-refractivity contribution in [2.75, 3.05) is 59.8 Å². The van der Waals surface area contributed by atoms with Crippen molar-refractivity contribution in [2.24, 2.45) is 11.5 Å². The van der Waals surface area contributed by atoms with Gasteiger partial charge < -0.3 is 35.7 Å². The first-order chi connectivity index (χ1) is 12.3. The summed E-state index contributed by atoms with van der Waals surface area (Å²) in [6.45, 7) is 8.32. The molecule has 0 fully saturated rings. The molecule has 0 aromatic heterocycles. The molecule has 0 aliphatic carbocycles. The van der Waals surface area contributed by atoms with Crippen molar-refractivity contribution in [1.82, 2.24) is 5.32 Å². The van der Waals surface area contributed by atoms with Crippen LogP contribution in [0.2, 0.25) is 0 Å². The molecule has 1 aromatic carbocycles. The van der Waals surface area contributed by atoms with Gasteiger partial charge in [-0.15, -0.1) is 0 Å². The van der Waals surface area contributed by atoms with E-state index >= 15 is 0 Å². The van der Waals surface area contributed by atoms with E-state index in [9.17, 15) is 0 Å². The van der Waals surface area contributed by atoms with Gasteiger partial charge in [0.05, 0.1) is 45.8 Å². The second-order valence-corrected chi connectivity index (χ2v) is 4.81. The number of benzene rings is 1. The third-order valence-corrected chi connectivity index (χ3v) is 3.05. The zero-order valence-electron chi connectivity index (χ0n) is 15.8. The van der Waals surface area contributed by atoms with E-state index in [0.29, 0.717) is 52.8 Å². The highest BCUT2D eigenvalue weighted by molar-refractivity contribution is 5.28. The average Bonchev–Trinajstić information content (AvgIpc) is 2.67. The molecule has 0 bridgehead atoms.